The molecular weight excluding hydrogens is 243 g/mol. The molecule has 1 aromatic heterocycles. The predicted molar refractivity (Wildman–Crippen MR) is 61.2 cm³/mol. The van der Waals surface area contributed by atoms with Crippen molar-refractivity contribution in [1.82, 2.24) is 9.78 Å². The lowest BCUT2D eigenvalue weighted by Crippen LogP contribution is -2.11. The molecule has 0 bridgehead atoms. The van der Waals surface area contributed by atoms with E-state index in [0.29, 0.717) is 5.56 Å². The van der Waals surface area contributed by atoms with E-state index in [1.165, 1.54) is 35.3 Å². The maximum atomic E-state index is 12.8. The molecule has 1 aromatic carbocycles. The Hall–Kier alpha value is -1.82. The van der Waals surface area contributed by atoms with E-state index >= 15 is 0 Å². The summed E-state index contributed by atoms with van der Waals surface area (Å²) in [6.45, 7) is 1.75. The van der Waals surface area contributed by atoms with Gasteiger partial charge in [-0.05, 0) is 19.1 Å². The Morgan fingerprint density at radius 2 is 1.94 bits per heavy atom. The van der Waals surface area contributed by atoms with Gasteiger partial charge in [0.25, 0.3) is 0 Å². The minimum absolute atomic E-state index is 0.00287. The van der Waals surface area contributed by atoms with Crippen molar-refractivity contribution in [3.8, 4) is 5.69 Å². The molecule has 2 aromatic rings. The van der Waals surface area contributed by atoms with Crippen LogP contribution in [0.25, 0.3) is 5.69 Å². The van der Waals surface area contributed by atoms with Crippen LogP contribution in [0.3, 0.4) is 0 Å². The molecule has 0 spiro atoms. The number of aromatic nitrogens is 2. The summed E-state index contributed by atoms with van der Waals surface area (Å²) >= 11 is 0. The van der Waals surface area contributed by atoms with Gasteiger partial charge in [0.05, 0.1) is 17.4 Å². The Kier molecular flexibility index (Phi) is 3.13. The van der Waals surface area contributed by atoms with Crippen LogP contribution in [-0.4, -0.2) is 9.78 Å². The summed E-state index contributed by atoms with van der Waals surface area (Å²) < 4.78 is 39.7. The Balaban J connectivity index is 2.50. The summed E-state index contributed by atoms with van der Waals surface area (Å²) in [4.78, 5) is 0. The molecule has 6 heteroatoms. The van der Waals surface area contributed by atoms with Crippen molar-refractivity contribution in [2.24, 2.45) is 5.73 Å². The van der Waals surface area contributed by atoms with Crippen LogP contribution in [0, 0.1) is 0 Å². The summed E-state index contributed by atoms with van der Waals surface area (Å²) in [5.41, 5.74) is 5.62. The zero-order valence-electron chi connectivity index (χ0n) is 9.65. The molecule has 1 unspecified atom stereocenters. The van der Waals surface area contributed by atoms with Gasteiger partial charge in [0, 0.05) is 17.8 Å². The second-order valence-corrected chi connectivity index (χ2v) is 4.02. The third-order valence-corrected chi connectivity index (χ3v) is 2.58. The van der Waals surface area contributed by atoms with Crippen molar-refractivity contribution < 1.29 is 13.2 Å². The summed E-state index contributed by atoms with van der Waals surface area (Å²) in [5, 5.41) is 3.92. The van der Waals surface area contributed by atoms with Crippen LogP contribution in [0.4, 0.5) is 13.2 Å². The molecule has 96 valence electrons. The van der Waals surface area contributed by atoms with Crippen LogP contribution < -0.4 is 5.73 Å². The van der Waals surface area contributed by atoms with Crippen molar-refractivity contribution in [1.29, 1.82) is 0 Å². The van der Waals surface area contributed by atoms with Gasteiger partial charge in [0.15, 0.2) is 0 Å². The smallest absolute Gasteiger partial charge is 0.324 e. The molecule has 18 heavy (non-hydrogen) atoms. The highest BCUT2D eigenvalue weighted by atomic mass is 19.4. The topological polar surface area (TPSA) is 43.8 Å². The minimum Gasteiger partial charge on any atom is -0.324 e. The molecule has 1 heterocycles. The van der Waals surface area contributed by atoms with E-state index in [9.17, 15) is 13.2 Å². The van der Waals surface area contributed by atoms with Crippen molar-refractivity contribution in [2.75, 3.05) is 0 Å². The monoisotopic (exact) mass is 255 g/mol. The summed E-state index contributed by atoms with van der Waals surface area (Å²) in [5.74, 6) is 0. The normalized spacial score (nSPS) is 13.6. The van der Waals surface area contributed by atoms with Gasteiger partial charge in [0.2, 0.25) is 0 Å². The zero-order valence-corrected chi connectivity index (χ0v) is 9.65. The highest BCUT2D eigenvalue weighted by Crippen LogP contribution is 2.33. The molecule has 0 aliphatic rings. The number of alkyl halides is 3. The number of nitrogens with two attached hydrogens (primary N) is 1. The van der Waals surface area contributed by atoms with Gasteiger partial charge in [-0.1, -0.05) is 12.1 Å². The number of hydrogen-bond acceptors (Lipinski definition) is 2. The third kappa shape index (κ3) is 2.38. The molecule has 2 rings (SSSR count). The van der Waals surface area contributed by atoms with Crippen LogP contribution in [0.1, 0.15) is 24.1 Å². The molecule has 3 nitrogen and oxygen atoms in total. The number of nitrogens with zero attached hydrogens (tertiary/aromatic N) is 2. The van der Waals surface area contributed by atoms with E-state index in [4.69, 9.17) is 5.73 Å². The van der Waals surface area contributed by atoms with Gasteiger partial charge >= 0.3 is 6.18 Å². The van der Waals surface area contributed by atoms with E-state index in [-0.39, 0.29) is 11.7 Å². The lowest BCUT2D eigenvalue weighted by molar-refractivity contribution is -0.137. The van der Waals surface area contributed by atoms with Gasteiger partial charge in [0.1, 0.15) is 0 Å². The summed E-state index contributed by atoms with van der Waals surface area (Å²) in [6, 6.07) is 5.03. The van der Waals surface area contributed by atoms with Crippen LogP contribution in [0.5, 0.6) is 0 Å². The quantitative estimate of drug-likeness (QED) is 0.896. The average Bonchev–Trinajstić information content (AvgIpc) is 2.77. The fourth-order valence-corrected chi connectivity index (χ4v) is 1.62. The van der Waals surface area contributed by atoms with Crippen LogP contribution in [-0.2, 0) is 6.18 Å². The maximum absolute atomic E-state index is 12.8. The highest BCUT2D eigenvalue weighted by Gasteiger charge is 2.33. The van der Waals surface area contributed by atoms with Crippen LogP contribution >= 0.6 is 0 Å². The highest BCUT2D eigenvalue weighted by molar-refractivity contribution is 5.42. The summed E-state index contributed by atoms with van der Waals surface area (Å²) in [6.07, 6.45) is -1.43. The number of halogens is 3. The third-order valence-electron chi connectivity index (χ3n) is 2.58. The van der Waals surface area contributed by atoms with E-state index in [0.717, 1.165) is 6.07 Å². The fourth-order valence-electron chi connectivity index (χ4n) is 1.62. The first-order chi connectivity index (χ1) is 8.39. The molecule has 0 saturated carbocycles. The van der Waals surface area contributed by atoms with Gasteiger partial charge < -0.3 is 5.73 Å². The van der Waals surface area contributed by atoms with Gasteiger partial charge in [-0.25, -0.2) is 4.68 Å². The molecule has 0 saturated heterocycles. The van der Waals surface area contributed by atoms with Crippen molar-refractivity contribution in [3.63, 3.8) is 0 Å². The van der Waals surface area contributed by atoms with Crippen LogP contribution in [0.2, 0.25) is 0 Å². The zero-order chi connectivity index (χ0) is 13.3. The van der Waals surface area contributed by atoms with E-state index in [2.05, 4.69) is 5.10 Å². The molecule has 0 amide bonds. The Morgan fingerprint density at radius 3 is 2.50 bits per heavy atom. The van der Waals surface area contributed by atoms with E-state index in [1.807, 2.05) is 0 Å². The molecule has 0 aliphatic heterocycles. The Morgan fingerprint density at radius 1 is 1.28 bits per heavy atom. The molecule has 0 aliphatic carbocycles. The molecule has 2 N–H and O–H groups in total. The molecule has 0 radical (unpaired) electrons. The largest absolute Gasteiger partial charge is 0.418 e. The standard InChI is InChI=1S/C12H12F3N3/c1-8(16)9-6-17-18(7-9)11-5-3-2-4-10(11)12(13,14)15/h2-8H,16H2,1H3. The summed E-state index contributed by atoms with van der Waals surface area (Å²) in [7, 11) is 0. The van der Waals surface area contributed by atoms with Gasteiger partial charge in [-0.2, -0.15) is 18.3 Å². The van der Waals surface area contributed by atoms with E-state index < -0.39 is 11.7 Å². The SMILES string of the molecule is CC(N)c1cnn(-c2ccccc2C(F)(F)F)c1. The number of benzene rings is 1. The fraction of sp³-hybridized carbons (Fsp3) is 0.250. The van der Waals surface area contributed by atoms with Gasteiger partial charge in [-0.3, -0.25) is 0 Å². The number of rotatable bonds is 2. The van der Waals surface area contributed by atoms with Crippen molar-refractivity contribution in [3.05, 3.63) is 47.8 Å². The van der Waals surface area contributed by atoms with Crippen molar-refractivity contribution in [2.45, 2.75) is 19.1 Å². The number of hydrogen-bond donors (Lipinski definition) is 1. The predicted octanol–water partition coefficient (Wildman–Crippen LogP) is 2.91. The van der Waals surface area contributed by atoms with Crippen molar-refractivity contribution >= 4 is 0 Å². The Labute approximate surface area is 102 Å². The molecule has 1 atom stereocenters. The van der Waals surface area contributed by atoms with Crippen LogP contribution in [0.15, 0.2) is 36.7 Å². The number of para-hydroxylation sites is 1. The lowest BCUT2D eigenvalue weighted by atomic mass is 10.1. The van der Waals surface area contributed by atoms with E-state index in [1.54, 1.807) is 6.92 Å². The second-order valence-electron chi connectivity index (χ2n) is 4.02. The first-order valence-corrected chi connectivity index (χ1v) is 5.36. The maximum Gasteiger partial charge on any atom is 0.418 e. The lowest BCUT2D eigenvalue weighted by Gasteiger charge is -2.12. The first-order valence-electron chi connectivity index (χ1n) is 5.36. The molecular formula is C12H12F3N3. The molecule has 0 fully saturated rings. The average molecular weight is 255 g/mol. The first kappa shape index (κ1) is 12.6. The minimum atomic E-state index is -4.41. The Bertz CT molecular complexity index is 543. The second kappa shape index (κ2) is 4.45. The van der Waals surface area contributed by atoms with Gasteiger partial charge in [-0.15, -0.1) is 0 Å².